The number of hydrogen-bond donors (Lipinski definition) is 4. The summed E-state index contributed by atoms with van der Waals surface area (Å²) in [6, 6.07) is 0. The zero-order valence-corrected chi connectivity index (χ0v) is 16.5. The van der Waals surface area contributed by atoms with Crippen molar-refractivity contribution in [3.05, 3.63) is 29.5 Å². The Morgan fingerprint density at radius 1 is 1.35 bits per heavy atom. The fraction of sp³-hybridized carbons (Fsp3) is 0.500. The van der Waals surface area contributed by atoms with Gasteiger partial charge in [-0.1, -0.05) is 6.58 Å². The number of carbonyl (C=O) groups excluding carboxylic acids is 2. The summed E-state index contributed by atoms with van der Waals surface area (Å²) >= 11 is 0. The second-order valence-electron chi connectivity index (χ2n) is 6.83. The van der Waals surface area contributed by atoms with Crippen LogP contribution in [-0.4, -0.2) is 66.6 Å². The van der Waals surface area contributed by atoms with E-state index in [1.807, 2.05) is 0 Å². The highest BCUT2D eigenvalue weighted by atomic mass is 16.6. The van der Waals surface area contributed by atoms with Crippen LogP contribution in [0.1, 0.15) is 31.9 Å². The minimum atomic E-state index is -1.37. The number of nitrogens with one attached hydrogen (secondary N) is 1. The molecule has 0 spiro atoms. The van der Waals surface area contributed by atoms with E-state index in [9.17, 15) is 24.6 Å². The molecule has 1 fully saturated rings. The molecule has 1 aliphatic rings. The number of H-pyrrole nitrogens is 1. The molecule has 2 aromatic rings. The van der Waals surface area contributed by atoms with Crippen LogP contribution in [0.2, 0.25) is 0 Å². The third kappa shape index (κ3) is 4.90. The van der Waals surface area contributed by atoms with Crippen molar-refractivity contribution in [3.8, 4) is 0 Å². The predicted molar refractivity (Wildman–Crippen MR) is 104 cm³/mol. The molecule has 0 unspecified atom stereocenters. The number of unbranched alkanes of at least 4 members (excludes halogenated alkanes) is 1. The molecule has 13 nitrogen and oxygen atoms in total. The highest BCUT2D eigenvalue weighted by Gasteiger charge is 2.47. The summed E-state index contributed by atoms with van der Waals surface area (Å²) in [5, 5.41) is 20.3. The number of rotatable bonds is 9. The molecule has 0 bridgehead atoms. The molecule has 2 aromatic heterocycles. The summed E-state index contributed by atoms with van der Waals surface area (Å²) in [5.41, 5.74) is 5.07. The molecule has 0 saturated carbocycles. The number of aliphatic hydroxyl groups excluding tert-OH is 2. The van der Waals surface area contributed by atoms with E-state index in [0.29, 0.717) is 12.8 Å². The molecule has 0 aliphatic carbocycles. The maximum atomic E-state index is 12.2. The van der Waals surface area contributed by atoms with Gasteiger partial charge in [0, 0.05) is 12.8 Å². The van der Waals surface area contributed by atoms with Crippen molar-refractivity contribution in [1.29, 1.82) is 0 Å². The molecule has 4 atom stereocenters. The molecule has 5 N–H and O–H groups in total. The van der Waals surface area contributed by atoms with Crippen molar-refractivity contribution >= 4 is 29.1 Å². The van der Waals surface area contributed by atoms with Crippen molar-refractivity contribution in [2.75, 3.05) is 12.3 Å². The van der Waals surface area contributed by atoms with Crippen molar-refractivity contribution < 1.29 is 34.0 Å². The molecule has 1 aliphatic heterocycles. The van der Waals surface area contributed by atoms with E-state index in [1.54, 1.807) is 0 Å². The Morgan fingerprint density at radius 3 is 2.74 bits per heavy atom. The number of ether oxygens (including phenoxy) is 3. The van der Waals surface area contributed by atoms with Gasteiger partial charge in [-0.05, 0) is 12.8 Å². The number of carbonyl (C=O) groups is 2. The lowest BCUT2D eigenvalue weighted by atomic mass is 10.1. The van der Waals surface area contributed by atoms with Crippen LogP contribution in [0.3, 0.4) is 0 Å². The van der Waals surface area contributed by atoms with Gasteiger partial charge in [0.2, 0.25) is 5.95 Å². The highest BCUT2D eigenvalue weighted by Crippen LogP contribution is 2.33. The van der Waals surface area contributed by atoms with Crippen LogP contribution in [0.25, 0.3) is 11.2 Å². The lowest BCUT2D eigenvalue weighted by Crippen LogP contribution is -2.37. The Balaban J connectivity index is 1.65. The summed E-state index contributed by atoms with van der Waals surface area (Å²) in [5.74, 6) is -1.23. The number of aromatic nitrogens is 4. The highest BCUT2D eigenvalue weighted by molar-refractivity contribution is 5.71. The van der Waals surface area contributed by atoms with Crippen molar-refractivity contribution in [2.45, 2.75) is 50.2 Å². The molecule has 0 radical (unpaired) electrons. The van der Waals surface area contributed by atoms with Crippen molar-refractivity contribution in [3.63, 3.8) is 0 Å². The molecule has 1 saturated heterocycles. The van der Waals surface area contributed by atoms with E-state index in [2.05, 4.69) is 26.3 Å². The smallest absolute Gasteiger partial charge is 0.310 e. The first kappa shape index (κ1) is 22.4. The lowest BCUT2D eigenvalue weighted by molar-refractivity contribution is -0.157. The molecule has 3 rings (SSSR count). The van der Waals surface area contributed by atoms with E-state index in [4.69, 9.17) is 15.2 Å². The van der Waals surface area contributed by atoms with Gasteiger partial charge in [-0.3, -0.25) is 23.9 Å². The van der Waals surface area contributed by atoms with Crippen LogP contribution in [0.15, 0.2) is 24.0 Å². The Kier molecular flexibility index (Phi) is 6.99. The summed E-state index contributed by atoms with van der Waals surface area (Å²) in [6.07, 6.45) is -1.51. The van der Waals surface area contributed by atoms with Gasteiger partial charge >= 0.3 is 11.9 Å². The van der Waals surface area contributed by atoms with E-state index in [1.165, 1.54) is 10.9 Å². The van der Waals surface area contributed by atoms with Gasteiger partial charge in [-0.2, -0.15) is 4.98 Å². The molecule has 3 heterocycles. The average molecular weight is 437 g/mol. The van der Waals surface area contributed by atoms with Crippen molar-refractivity contribution in [2.24, 2.45) is 0 Å². The number of aliphatic hydroxyl groups is 2. The Morgan fingerprint density at radius 2 is 2.06 bits per heavy atom. The third-order valence-electron chi connectivity index (χ3n) is 4.71. The van der Waals surface area contributed by atoms with Crippen molar-refractivity contribution in [1.82, 2.24) is 19.5 Å². The minimum Gasteiger partial charge on any atom is -0.457 e. The fourth-order valence-corrected chi connectivity index (χ4v) is 3.27. The first-order chi connectivity index (χ1) is 14.8. The summed E-state index contributed by atoms with van der Waals surface area (Å²) in [4.78, 5) is 45.6. The maximum Gasteiger partial charge on any atom is 0.310 e. The van der Waals surface area contributed by atoms with E-state index in [-0.39, 0.29) is 30.0 Å². The number of esters is 2. The van der Waals surface area contributed by atoms with Gasteiger partial charge in [0.25, 0.3) is 5.56 Å². The molecular formula is C18H23N5O8. The zero-order valence-electron chi connectivity index (χ0n) is 16.5. The summed E-state index contributed by atoms with van der Waals surface area (Å²) < 4.78 is 16.8. The Labute approximate surface area is 175 Å². The number of aromatic amines is 1. The van der Waals surface area contributed by atoms with E-state index in [0.717, 1.165) is 6.26 Å². The SMILES string of the molecule is C=COC(=O)CCCCC(=O)O[C@H]1[C@@H](O)[C@H](n2cnc3c(=O)[nH]c(N)nc32)O[C@@H]1CO. The fourth-order valence-electron chi connectivity index (χ4n) is 3.27. The quantitative estimate of drug-likeness (QED) is 0.216. The topological polar surface area (TPSA) is 192 Å². The van der Waals surface area contributed by atoms with Gasteiger partial charge in [0.1, 0.15) is 12.2 Å². The largest absolute Gasteiger partial charge is 0.457 e. The van der Waals surface area contributed by atoms with Gasteiger partial charge in [0.05, 0.1) is 19.2 Å². The molecular weight excluding hydrogens is 414 g/mol. The normalized spacial score (nSPS) is 23.0. The molecule has 13 heteroatoms. The molecule has 31 heavy (non-hydrogen) atoms. The molecule has 0 amide bonds. The van der Waals surface area contributed by atoms with Gasteiger partial charge in [-0.15, -0.1) is 0 Å². The van der Waals surface area contributed by atoms with Gasteiger partial charge in [0.15, 0.2) is 23.5 Å². The Bertz CT molecular complexity index is 1020. The van der Waals surface area contributed by atoms with E-state index < -0.39 is 48.6 Å². The molecule has 168 valence electrons. The third-order valence-corrected chi connectivity index (χ3v) is 4.71. The van der Waals surface area contributed by atoms with Crippen LogP contribution < -0.4 is 11.3 Å². The second kappa shape index (κ2) is 9.68. The second-order valence-corrected chi connectivity index (χ2v) is 6.83. The van der Waals surface area contributed by atoms with Crippen LogP contribution in [0.4, 0.5) is 5.95 Å². The standard InChI is InChI=1S/C18H23N5O8/c1-2-29-10(25)5-3-4-6-11(26)31-14-9(7-24)30-17(13(14)27)23-8-20-12-15(23)21-18(19)22-16(12)28/h2,8-9,13-14,17,24,27H,1,3-7H2,(H3,19,21,22,28)/t9-,13-,14-,17-/m1/s1. The number of nitrogens with zero attached hydrogens (tertiary/aromatic N) is 3. The average Bonchev–Trinajstić information content (AvgIpc) is 3.27. The Hall–Kier alpha value is -3.29. The lowest BCUT2D eigenvalue weighted by Gasteiger charge is -2.20. The van der Waals surface area contributed by atoms with Crippen LogP contribution in [0, 0.1) is 0 Å². The van der Waals surface area contributed by atoms with Gasteiger partial charge in [-0.25, -0.2) is 4.98 Å². The number of nitrogen functional groups attached to an aromatic ring is 1. The number of fused-ring (bicyclic) bond motifs is 1. The summed E-state index contributed by atoms with van der Waals surface area (Å²) in [6.45, 7) is 2.75. The monoisotopic (exact) mass is 437 g/mol. The summed E-state index contributed by atoms with van der Waals surface area (Å²) in [7, 11) is 0. The first-order valence-corrected chi connectivity index (χ1v) is 9.52. The van der Waals surface area contributed by atoms with E-state index >= 15 is 0 Å². The van der Waals surface area contributed by atoms with Crippen LogP contribution >= 0.6 is 0 Å². The van der Waals surface area contributed by atoms with Crippen LogP contribution in [0.5, 0.6) is 0 Å². The number of nitrogens with two attached hydrogens (primary N) is 1. The van der Waals surface area contributed by atoms with Crippen LogP contribution in [-0.2, 0) is 23.8 Å². The maximum absolute atomic E-state index is 12.2. The zero-order chi connectivity index (χ0) is 22.5. The predicted octanol–water partition coefficient (Wildman–Crippen LogP) is -0.889. The number of imidazole rings is 1. The number of hydrogen-bond acceptors (Lipinski definition) is 11. The number of anilines is 1. The minimum absolute atomic E-state index is 0.00508. The van der Waals surface area contributed by atoms with Gasteiger partial charge < -0.3 is 30.2 Å². The first-order valence-electron chi connectivity index (χ1n) is 9.52. The molecule has 0 aromatic carbocycles.